The molecule has 10 heteroatoms. The van der Waals surface area contributed by atoms with Crippen molar-refractivity contribution < 1.29 is 8.42 Å². The van der Waals surface area contributed by atoms with Crippen LogP contribution in [0.5, 0.6) is 0 Å². The molecule has 1 rings (SSSR count). The number of sulfonamides is 1. The first-order chi connectivity index (χ1) is 5.99. The second-order valence-corrected chi connectivity index (χ2v) is 4.97. The van der Waals surface area contributed by atoms with Crippen LogP contribution in [0.25, 0.3) is 0 Å². The lowest BCUT2D eigenvalue weighted by Crippen LogP contribution is -2.26. The Morgan fingerprint density at radius 3 is 2.85 bits per heavy atom. The van der Waals surface area contributed by atoms with Crippen LogP contribution in [0.4, 0.5) is 5.13 Å². The number of hydrogen-bond donors (Lipinski definition) is 2. The maximum Gasteiger partial charge on any atom is 0.241 e. The standard InChI is InChI=1S/C3H5N5O2S3/c4-2(11)1-13(9,10)6-3-5-7-8-12-3/h1H2,(H2,4,11)(H,5,6,8). The number of aromatic nitrogens is 3. The quantitative estimate of drug-likeness (QED) is 0.645. The molecule has 0 aromatic carbocycles. The van der Waals surface area contributed by atoms with E-state index >= 15 is 0 Å². The van der Waals surface area contributed by atoms with Crippen LogP contribution in [0, 0.1) is 0 Å². The molecule has 0 saturated carbocycles. The van der Waals surface area contributed by atoms with Gasteiger partial charge in [-0.1, -0.05) is 21.8 Å². The van der Waals surface area contributed by atoms with Gasteiger partial charge in [0.25, 0.3) is 0 Å². The molecule has 0 amide bonds. The van der Waals surface area contributed by atoms with Crippen molar-refractivity contribution in [1.82, 2.24) is 14.8 Å². The summed E-state index contributed by atoms with van der Waals surface area (Å²) in [6, 6.07) is 0. The van der Waals surface area contributed by atoms with Gasteiger partial charge < -0.3 is 5.73 Å². The Labute approximate surface area is 83.5 Å². The van der Waals surface area contributed by atoms with Gasteiger partial charge in [0.15, 0.2) is 0 Å². The van der Waals surface area contributed by atoms with E-state index in [0.29, 0.717) is 0 Å². The fraction of sp³-hybridized carbons (Fsp3) is 0.333. The van der Waals surface area contributed by atoms with Crippen LogP contribution in [0.15, 0.2) is 0 Å². The first-order valence-electron chi connectivity index (χ1n) is 2.93. The van der Waals surface area contributed by atoms with Crippen LogP contribution in [0.1, 0.15) is 0 Å². The van der Waals surface area contributed by atoms with Gasteiger partial charge in [0.2, 0.25) is 15.2 Å². The fourth-order valence-corrected chi connectivity index (χ4v) is 2.50. The number of anilines is 1. The van der Waals surface area contributed by atoms with Crippen LogP contribution < -0.4 is 10.5 Å². The van der Waals surface area contributed by atoms with Crippen LogP contribution in [0.3, 0.4) is 0 Å². The summed E-state index contributed by atoms with van der Waals surface area (Å²) >= 11 is 5.28. The largest absolute Gasteiger partial charge is 0.392 e. The highest BCUT2D eigenvalue weighted by molar-refractivity contribution is 7.95. The molecule has 13 heavy (non-hydrogen) atoms. The van der Waals surface area contributed by atoms with E-state index in [0.717, 1.165) is 11.5 Å². The summed E-state index contributed by atoms with van der Waals surface area (Å²) in [4.78, 5) is -0.107. The van der Waals surface area contributed by atoms with Crippen molar-refractivity contribution in [3.05, 3.63) is 0 Å². The highest BCUT2D eigenvalue weighted by Gasteiger charge is 2.13. The van der Waals surface area contributed by atoms with E-state index in [4.69, 9.17) is 5.73 Å². The van der Waals surface area contributed by atoms with Crippen molar-refractivity contribution in [1.29, 1.82) is 0 Å². The van der Waals surface area contributed by atoms with E-state index in [1.807, 2.05) is 0 Å². The monoisotopic (exact) mass is 239 g/mol. The summed E-state index contributed by atoms with van der Waals surface area (Å²) in [6.45, 7) is 0. The predicted molar refractivity (Wildman–Crippen MR) is 51.9 cm³/mol. The number of nitrogens with zero attached hydrogens (tertiary/aromatic N) is 3. The molecule has 0 atom stereocenters. The Morgan fingerprint density at radius 1 is 1.69 bits per heavy atom. The Bertz CT molecular complexity index is 383. The number of hydrogen-bond acceptors (Lipinski definition) is 7. The first-order valence-corrected chi connectivity index (χ1v) is 5.77. The summed E-state index contributed by atoms with van der Waals surface area (Å²) in [6.07, 6.45) is 0. The molecule has 0 spiro atoms. The first kappa shape index (κ1) is 10.2. The van der Waals surface area contributed by atoms with Gasteiger partial charge in [0.1, 0.15) is 5.75 Å². The minimum atomic E-state index is -3.55. The van der Waals surface area contributed by atoms with Crippen molar-refractivity contribution in [2.24, 2.45) is 5.73 Å². The molecule has 0 fully saturated rings. The minimum Gasteiger partial charge on any atom is -0.392 e. The van der Waals surface area contributed by atoms with Gasteiger partial charge in [0.05, 0.1) is 4.99 Å². The molecule has 0 saturated heterocycles. The second-order valence-electron chi connectivity index (χ2n) is 1.99. The zero-order chi connectivity index (χ0) is 9.90. The molecule has 0 aliphatic heterocycles. The summed E-state index contributed by atoms with van der Waals surface area (Å²) in [5, 5.41) is 6.70. The lowest BCUT2D eigenvalue weighted by Gasteiger charge is -2.01. The van der Waals surface area contributed by atoms with Gasteiger partial charge in [0, 0.05) is 11.5 Å². The molecule has 1 heterocycles. The maximum absolute atomic E-state index is 11.1. The van der Waals surface area contributed by atoms with Crippen LogP contribution in [-0.4, -0.2) is 34.0 Å². The van der Waals surface area contributed by atoms with Gasteiger partial charge in [-0.25, -0.2) is 8.42 Å². The van der Waals surface area contributed by atoms with Crippen molar-refractivity contribution in [2.75, 3.05) is 10.5 Å². The average Bonchev–Trinajstić information content (AvgIpc) is 2.34. The molecule has 0 aliphatic carbocycles. The predicted octanol–water partition coefficient (Wildman–Crippen LogP) is -1.04. The highest BCUT2D eigenvalue weighted by atomic mass is 32.2. The number of rotatable bonds is 4. The van der Waals surface area contributed by atoms with E-state index in [1.165, 1.54) is 0 Å². The number of thiocarbonyl (C=S) groups is 1. The van der Waals surface area contributed by atoms with Crippen molar-refractivity contribution in [3.8, 4) is 0 Å². The molecule has 0 unspecified atom stereocenters. The van der Waals surface area contributed by atoms with Gasteiger partial charge in [-0.2, -0.15) is 0 Å². The summed E-state index contributed by atoms with van der Waals surface area (Å²) < 4.78 is 27.8. The van der Waals surface area contributed by atoms with Crippen LogP contribution in [-0.2, 0) is 10.0 Å². The smallest absolute Gasteiger partial charge is 0.241 e. The molecule has 1 aromatic rings. The van der Waals surface area contributed by atoms with Crippen molar-refractivity contribution in [2.45, 2.75) is 0 Å². The van der Waals surface area contributed by atoms with Gasteiger partial charge in [-0.15, -0.1) is 0 Å². The van der Waals surface area contributed by atoms with E-state index in [2.05, 4.69) is 31.7 Å². The SMILES string of the molecule is NC(=S)CS(=O)(=O)Nc1nnns1. The topological polar surface area (TPSA) is 111 Å². The fourth-order valence-electron chi connectivity index (χ4n) is 0.530. The molecule has 0 bridgehead atoms. The van der Waals surface area contributed by atoms with Crippen LogP contribution >= 0.6 is 23.8 Å². The molecular formula is C3H5N5O2S3. The Balaban J connectivity index is 2.68. The summed E-state index contributed by atoms with van der Waals surface area (Å²) in [5.41, 5.74) is 5.07. The van der Waals surface area contributed by atoms with E-state index in [-0.39, 0.29) is 10.1 Å². The summed E-state index contributed by atoms with van der Waals surface area (Å²) in [7, 11) is -3.55. The van der Waals surface area contributed by atoms with Crippen molar-refractivity contribution >= 4 is 43.9 Å². The average molecular weight is 239 g/mol. The molecule has 3 N–H and O–H groups in total. The lowest BCUT2D eigenvalue weighted by atomic mass is 10.8. The maximum atomic E-state index is 11.1. The normalized spacial score (nSPS) is 11.1. The van der Waals surface area contributed by atoms with Crippen LogP contribution in [0.2, 0.25) is 0 Å². The molecular weight excluding hydrogens is 234 g/mol. The Kier molecular flexibility index (Phi) is 3.06. The zero-order valence-corrected chi connectivity index (χ0v) is 8.62. The van der Waals surface area contributed by atoms with E-state index in [1.54, 1.807) is 0 Å². The van der Waals surface area contributed by atoms with Gasteiger partial charge in [-0.3, -0.25) is 4.72 Å². The second kappa shape index (κ2) is 3.89. The Morgan fingerprint density at radius 2 is 2.38 bits per heavy atom. The highest BCUT2D eigenvalue weighted by Crippen LogP contribution is 2.07. The molecule has 7 nitrogen and oxygen atoms in total. The molecule has 0 aliphatic rings. The third kappa shape index (κ3) is 3.57. The minimum absolute atomic E-state index is 0.0938. The Hall–Kier alpha value is -0.870. The third-order valence-corrected chi connectivity index (χ3v) is 3.04. The number of nitrogens with two attached hydrogens (primary N) is 1. The number of nitrogens with one attached hydrogen (secondary N) is 1. The molecule has 72 valence electrons. The van der Waals surface area contributed by atoms with Gasteiger partial charge in [-0.05, 0) is 5.21 Å². The third-order valence-electron chi connectivity index (χ3n) is 0.874. The van der Waals surface area contributed by atoms with Crippen molar-refractivity contribution in [3.63, 3.8) is 0 Å². The molecule has 1 aromatic heterocycles. The lowest BCUT2D eigenvalue weighted by molar-refractivity contribution is 0.605. The zero-order valence-electron chi connectivity index (χ0n) is 6.17. The van der Waals surface area contributed by atoms with E-state index < -0.39 is 15.8 Å². The summed E-state index contributed by atoms with van der Waals surface area (Å²) in [5.74, 6) is -0.415. The molecule has 0 radical (unpaired) electrons. The van der Waals surface area contributed by atoms with E-state index in [9.17, 15) is 8.42 Å². The van der Waals surface area contributed by atoms with Gasteiger partial charge >= 0.3 is 0 Å².